The number of benzene rings is 2. The summed E-state index contributed by atoms with van der Waals surface area (Å²) in [7, 11) is -2.48. The number of sulfonamides is 1. The maximum absolute atomic E-state index is 13.3. The summed E-state index contributed by atoms with van der Waals surface area (Å²) in [6.07, 6.45) is 0.755. The van der Waals surface area contributed by atoms with Crippen molar-refractivity contribution < 1.29 is 17.9 Å². The van der Waals surface area contributed by atoms with Crippen molar-refractivity contribution >= 4 is 21.6 Å². The van der Waals surface area contributed by atoms with E-state index < -0.39 is 10.0 Å². The highest BCUT2D eigenvalue weighted by molar-refractivity contribution is 7.92. The summed E-state index contributed by atoms with van der Waals surface area (Å²) in [5.74, 6) is 0.0175. The molecule has 0 aliphatic carbocycles. The molecule has 0 bridgehead atoms. The van der Waals surface area contributed by atoms with E-state index in [9.17, 15) is 13.2 Å². The van der Waals surface area contributed by atoms with Crippen molar-refractivity contribution in [2.45, 2.75) is 38.1 Å². The third-order valence-corrected chi connectivity index (χ3v) is 6.02. The quantitative estimate of drug-likeness (QED) is 0.751. The van der Waals surface area contributed by atoms with Crippen LogP contribution in [0.25, 0.3) is 0 Å². The number of nitrogens with zero attached hydrogens (tertiary/aromatic N) is 1. The topological polar surface area (TPSA) is 75.7 Å². The van der Waals surface area contributed by atoms with E-state index in [1.54, 1.807) is 30.3 Å². The number of ether oxygens (including phenoxy) is 1. The van der Waals surface area contributed by atoms with Crippen molar-refractivity contribution in [2.75, 3.05) is 18.0 Å². The number of anilines is 1. The zero-order valence-electron chi connectivity index (χ0n) is 16.1. The van der Waals surface area contributed by atoms with Crippen LogP contribution in [0, 0.1) is 6.92 Å². The van der Waals surface area contributed by atoms with Crippen molar-refractivity contribution in [3.05, 3.63) is 54.1 Å². The average molecular weight is 391 g/mol. The van der Waals surface area contributed by atoms with Crippen LogP contribution in [-0.4, -0.2) is 34.0 Å². The van der Waals surface area contributed by atoms with Gasteiger partial charge >= 0.3 is 0 Å². The van der Waals surface area contributed by atoms with Crippen LogP contribution in [0.4, 0.5) is 5.69 Å². The number of methoxy groups -OCH3 is 1. The molecule has 1 atom stereocenters. The first-order chi connectivity index (χ1) is 12.8. The summed E-state index contributed by atoms with van der Waals surface area (Å²) in [6.45, 7) is 5.35. The fourth-order valence-electron chi connectivity index (χ4n) is 2.57. The lowest BCUT2D eigenvalue weighted by molar-refractivity contribution is -0.120. The van der Waals surface area contributed by atoms with Gasteiger partial charge in [-0.2, -0.15) is 0 Å². The van der Waals surface area contributed by atoms with E-state index in [2.05, 4.69) is 5.32 Å². The molecule has 2 aromatic carbocycles. The monoisotopic (exact) mass is 390 g/mol. The Kier molecular flexibility index (Phi) is 6.85. The Bertz CT molecular complexity index is 882. The second-order valence-corrected chi connectivity index (χ2v) is 8.24. The molecule has 0 heterocycles. The van der Waals surface area contributed by atoms with Crippen molar-refractivity contribution in [1.82, 2.24) is 5.32 Å². The van der Waals surface area contributed by atoms with E-state index in [-0.39, 0.29) is 23.4 Å². The fraction of sp³-hybridized carbons (Fsp3) is 0.350. The molecule has 7 heteroatoms. The predicted molar refractivity (Wildman–Crippen MR) is 107 cm³/mol. The van der Waals surface area contributed by atoms with Gasteiger partial charge in [-0.3, -0.25) is 9.10 Å². The molecular formula is C20H26N2O4S. The normalized spacial score (nSPS) is 12.3. The van der Waals surface area contributed by atoms with Gasteiger partial charge in [0.2, 0.25) is 5.91 Å². The van der Waals surface area contributed by atoms with Crippen LogP contribution >= 0.6 is 0 Å². The average Bonchev–Trinajstić information content (AvgIpc) is 2.66. The molecule has 0 aromatic heterocycles. The summed E-state index contributed by atoms with van der Waals surface area (Å²) in [5.41, 5.74) is 1.20. The van der Waals surface area contributed by atoms with E-state index in [0.29, 0.717) is 11.4 Å². The van der Waals surface area contributed by atoms with Gasteiger partial charge in [0.1, 0.15) is 12.3 Å². The summed E-state index contributed by atoms with van der Waals surface area (Å²) < 4.78 is 33.0. The Hall–Kier alpha value is -2.54. The molecule has 146 valence electrons. The summed E-state index contributed by atoms with van der Waals surface area (Å²) in [4.78, 5) is 12.6. The number of amides is 1. The van der Waals surface area contributed by atoms with Crippen molar-refractivity contribution in [1.29, 1.82) is 0 Å². The lowest BCUT2D eigenvalue weighted by Crippen LogP contribution is -2.43. The van der Waals surface area contributed by atoms with Crippen LogP contribution < -0.4 is 14.4 Å². The molecular weight excluding hydrogens is 364 g/mol. The van der Waals surface area contributed by atoms with Gasteiger partial charge in [0.15, 0.2) is 0 Å². The fourth-order valence-corrected chi connectivity index (χ4v) is 4.01. The molecule has 1 N–H and O–H groups in total. The molecule has 2 rings (SSSR count). The first-order valence-corrected chi connectivity index (χ1v) is 10.3. The molecule has 0 fully saturated rings. The number of carbonyl (C=O) groups is 1. The van der Waals surface area contributed by atoms with Crippen LogP contribution in [0.15, 0.2) is 53.4 Å². The standard InChI is InChI=1S/C20H26N2O4S/c1-5-16(3)21-20(23)14-22(18-13-15(2)11-12-19(18)26-4)27(24,25)17-9-7-6-8-10-17/h6-13,16H,5,14H2,1-4H3,(H,21,23)/t16-/m0/s1. The Morgan fingerprint density at radius 2 is 1.85 bits per heavy atom. The van der Waals surface area contributed by atoms with Gasteiger partial charge < -0.3 is 10.1 Å². The minimum absolute atomic E-state index is 0.0433. The number of hydrogen-bond donors (Lipinski definition) is 1. The van der Waals surface area contributed by atoms with Crippen LogP contribution in [0.3, 0.4) is 0 Å². The molecule has 27 heavy (non-hydrogen) atoms. The van der Waals surface area contributed by atoms with Gasteiger partial charge in [0, 0.05) is 6.04 Å². The van der Waals surface area contributed by atoms with E-state index in [1.165, 1.54) is 19.2 Å². The Labute approximate surface area is 161 Å². The van der Waals surface area contributed by atoms with Gasteiger partial charge in [-0.15, -0.1) is 0 Å². The predicted octanol–water partition coefficient (Wildman–Crippen LogP) is 3.11. The molecule has 2 aromatic rings. The minimum atomic E-state index is -3.95. The number of hydrogen-bond acceptors (Lipinski definition) is 4. The van der Waals surface area contributed by atoms with E-state index in [1.807, 2.05) is 26.8 Å². The molecule has 6 nitrogen and oxygen atoms in total. The summed E-state index contributed by atoms with van der Waals surface area (Å²) in [6, 6.07) is 13.3. The SMILES string of the molecule is CC[C@H](C)NC(=O)CN(c1cc(C)ccc1OC)S(=O)(=O)c1ccccc1. The number of rotatable bonds is 8. The third-order valence-electron chi connectivity index (χ3n) is 4.24. The smallest absolute Gasteiger partial charge is 0.264 e. The Morgan fingerprint density at radius 3 is 2.44 bits per heavy atom. The summed E-state index contributed by atoms with van der Waals surface area (Å²) in [5, 5.41) is 2.82. The Balaban J connectivity index is 2.53. The molecule has 0 aliphatic rings. The number of nitrogens with one attached hydrogen (secondary N) is 1. The van der Waals surface area contributed by atoms with Gasteiger partial charge in [-0.1, -0.05) is 31.2 Å². The zero-order valence-corrected chi connectivity index (χ0v) is 16.9. The van der Waals surface area contributed by atoms with Crippen molar-refractivity contribution in [2.24, 2.45) is 0 Å². The first-order valence-electron chi connectivity index (χ1n) is 8.81. The zero-order chi connectivity index (χ0) is 20.0. The second kappa shape index (κ2) is 8.90. The van der Waals surface area contributed by atoms with Gasteiger partial charge in [0.05, 0.1) is 17.7 Å². The molecule has 0 radical (unpaired) electrons. The minimum Gasteiger partial charge on any atom is -0.495 e. The Morgan fingerprint density at radius 1 is 1.19 bits per heavy atom. The van der Waals surface area contributed by atoms with Gasteiger partial charge in [-0.05, 0) is 50.1 Å². The highest BCUT2D eigenvalue weighted by Gasteiger charge is 2.29. The number of aryl methyl sites for hydroxylation is 1. The third kappa shape index (κ3) is 5.01. The van der Waals surface area contributed by atoms with E-state index in [4.69, 9.17) is 4.74 Å². The number of carbonyl (C=O) groups excluding carboxylic acids is 1. The molecule has 0 saturated carbocycles. The van der Waals surface area contributed by atoms with Crippen LogP contribution in [0.1, 0.15) is 25.8 Å². The molecule has 1 amide bonds. The van der Waals surface area contributed by atoms with E-state index in [0.717, 1.165) is 16.3 Å². The van der Waals surface area contributed by atoms with Gasteiger partial charge in [-0.25, -0.2) is 8.42 Å². The molecule has 0 saturated heterocycles. The lowest BCUT2D eigenvalue weighted by atomic mass is 10.2. The maximum Gasteiger partial charge on any atom is 0.264 e. The maximum atomic E-state index is 13.3. The molecule has 0 unspecified atom stereocenters. The van der Waals surface area contributed by atoms with Gasteiger partial charge in [0.25, 0.3) is 10.0 Å². The highest BCUT2D eigenvalue weighted by atomic mass is 32.2. The highest BCUT2D eigenvalue weighted by Crippen LogP contribution is 2.33. The summed E-state index contributed by atoms with van der Waals surface area (Å²) >= 11 is 0. The van der Waals surface area contributed by atoms with Crippen LogP contribution in [-0.2, 0) is 14.8 Å². The first kappa shape index (κ1) is 20.8. The molecule has 0 aliphatic heterocycles. The van der Waals surface area contributed by atoms with E-state index >= 15 is 0 Å². The van der Waals surface area contributed by atoms with Crippen LogP contribution in [0.5, 0.6) is 5.75 Å². The lowest BCUT2D eigenvalue weighted by Gasteiger charge is -2.26. The van der Waals surface area contributed by atoms with Crippen LogP contribution in [0.2, 0.25) is 0 Å². The van der Waals surface area contributed by atoms with Crippen molar-refractivity contribution in [3.63, 3.8) is 0 Å². The molecule has 0 spiro atoms. The second-order valence-electron chi connectivity index (χ2n) is 6.38. The van der Waals surface area contributed by atoms with Crippen molar-refractivity contribution in [3.8, 4) is 5.75 Å². The largest absolute Gasteiger partial charge is 0.495 e.